The fourth-order valence-corrected chi connectivity index (χ4v) is 1.74. The van der Waals surface area contributed by atoms with Crippen LogP contribution in [0.4, 0.5) is 5.69 Å². The van der Waals surface area contributed by atoms with Crippen LogP contribution >= 0.6 is 0 Å². The van der Waals surface area contributed by atoms with Crippen molar-refractivity contribution in [1.82, 2.24) is 10.2 Å². The van der Waals surface area contributed by atoms with Gasteiger partial charge >= 0.3 is 0 Å². The van der Waals surface area contributed by atoms with Gasteiger partial charge in [-0.25, -0.2) is 0 Å². The topological polar surface area (TPSA) is 80.9 Å². The first kappa shape index (κ1) is 13.2. The summed E-state index contributed by atoms with van der Waals surface area (Å²) in [5, 5.41) is 10.2. The number of hydrogen-bond donors (Lipinski definition) is 2. The highest BCUT2D eigenvalue weighted by atomic mass is 16.1. The third kappa shape index (κ3) is 3.86. The Labute approximate surface area is 111 Å². The van der Waals surface area contributed by atoms with Gasteiger partial charge in [-0.3, -0.25) is 4.79 Å². The summed E-state index contributed by atoms with van der Waals surface area (Å²) in [4.78, 5) is 11.9. The summed E-state index contributed by atoms with van der Waals surface area (Å²) in [5.41, 5.74) is 7.91. The number of benzene rings is 1. The van der Waals surface area contributed by atoms with Gasteiger partial charge in [-0.2, -0.15) is 10.2 Å². The monoisotopic (exact) mass is 256 g/mol. The number of nitrogens with two attached hydrogens (primary N) is 1. The molecule has 0 aliphatic rings. The SMILES string of the molecule is NCCCc1cccc(NC(=O)c2ccnnc2)c1. The zero-order valence-corrected chi connectivity index (χ0v) is 10.5. The second-order valence-corrected chi connectivity index (χ2v) is 4.18. The van der Waals surface area contributed by atoms with E-state index in [9.17, 15) is 4.79 Å². The molecule has 0 aliphatic carbocycles. The molecule has 0 bridgehead atoms. The fraction of sp³-hybridized carbons (Fsp3) is 0.214. The van der Waals surface area contributed by atoms with Crippen LogP contribution in [0.1, 0.15) is 22.3 Å². The molecule has 0 saturated heterocycles. The van der Waals surface area contributed by atoms with Crippen molar-refractivity contribution < 1.29 is 4.79 Å². The average molecular weight is 256 g/mol. The second kappa shape index (κ2) is 6.61. The molecule has 2 aromatic rings. The molecule has 1 aromatic carbocycles. The molecule has 0 unspecified atom stereocenters. The minimum atomic E-state index is -0.189. The van der Waals surface area contributed by atoms with Gasteiger partial charge in [0.2, 0.25) is 0 Å². The average Bonchev–Trinajstić information content (AvgIpc) is 2.46. The van der Waals surface area contributed by atoms with Crippen LogP contribution in [0.25, 0.3) is 0 Å². The van der Waals surface area contributed by atoms with Crippen LogP contribution in [0.15, 0.2) is 42.7 Å². The molecule has 3 N–H and O–H groups in total. The zero-order chi connectivity index (χ0) is 13.5. The highest BCUT2D eigenvalue weighted by Gasteiger charge is 2.06. The van der Waals surface area contributed by atoms with Crippen molar-refractivity contribution in [3.63, 3.8) is 0 Å². The molecule has 2 rings (SSSR count). The summed E-state index contributed by atoms with van der Waals surface area (Å²) < 4.78 is 0. The van der Waals surface area contributed by atoms with Crippen LogP contribution in [0.2, 0.25) is 0 Å². The van der Waals surface area contributed by atoms with Crippen LogP contribution in [-0.4, -0.2) is 22.6 Å². The molecule has 0 saturated carbocycles. The number of amides is 1. The number of rotatable bonds is 5. The summed E-state index contributed by atoms with van der Waals surface area (Å²) >= 11 is 0. The lowest BCUT2D eigenvalue weighted by atomic mass is 10.1. The van der Waals surface area contributed by atoms with E-state index in [4.69, 9.17) is 5.73 Å². The molecule has 1 amide bonds. The summed E-state index contributed by atoms with van der Waals surface area (Å²) in [6.45, 7) is 0.666. The fourth-order valence-electron chi connectivity index (χ4n) is 1.74. The van der Waals surface area contributed by atoms with Gasteiger partial charge < -0.3 is 11.1 Å². The number of nitrogens with zero attached hydrogens (tertiary/aromatic N) is 2. The van der Waals surface area contributed by atoms with Crippen molar-refractivity contribution in [2.45, 2.75) is 12.8 Å². The van der Waals surface area contributed by atoms with Crippen molar-refractivity contribution in [3.8, 4) is 0 Å². The molecule has 0 spiro atoms. The Morgan fingerprint density at radius 1 is 1.26 bits per heavy atom. The predicted octanol–water partition coefficient (Wildman–Crippen LogP) is 1.62. The minimum absolute atomic E-state index is 0.189. The predicted molar refractivity (Wildman–Crippen MR) is 73.8 cm³/mol. The van der Waals surface area contributed by atoms with Crippen LogP contribution in [0, 0.1) is 0 Å². The van der Waals surface area contributed by atoms with Gasteiger partial charge in [0.1, 0.15) is 0 Å². The molecule has 5 nitrogen and oxygen atoms in total. The van der Waals surface area contributed by atoms with Crippen molar-refractivity contribution >= 4 is 11.6 Å². The maximum Gasteiger partial charge on any atom is 0.257 e. The van der Waals surface area contributed by atoms with E-state index in [1.807, 2.05) is 24.3 Å². The van der Waals surface area contributed by atoms with Crippen LogP contribution < -0.4 is 11.1 Å². The Hall–Kier alpha value is -2.27. The quantitative estimate of drug-likeness (QED) is 0.851. The third-order valence-electron chi connectivity index (χ3n) is 2.70. The molecule has 0 radical (unpaired) electrons. The molecular formula is C14H16N4O. The Balaban J connectivity index is 2.05. The first-order chi connectivity index (χ1) is 9.29. The molecule has 5 heteroatoms. The van der Waals surface area contributed by atoms with E-state index in [1.54, 1.807) is 6.07 Å². The van der Waals surface area contributed by atoms with Crippen molar-refractivity contribution in [3.05, 3.63) is 53.9 Å². The molecule has 0 atom stereocenters. The summed E-state index contributed by atoms with van der Waals surface area (Å²) in [6, 6.07) is 9.40. The number of nitrogens with one attached hydrogen (secondary N) is 1. The number of anilines is 1. The van der Waals surface area contributed by atoms with Crippen molar-refractivity contribution in [1.29, 1.82) is 0 Å². The van der Waals surface area contributed by atoms with Crippen LogP contribution in [-0.2, 0) is 6.42 Å². The Kier molecular flexibility index (Phi) is 4.58. The van der Waals surface area contributed by atoms with Crippen LogP contribution in [0.5, 0.6) is 0 Å². The normalized spacial score (nSPS) is 10.2. The van der Waals surface area contributed by atoms with Gasteiger partial charge in [0.25, 0.3) is 5.91 Å². The molecular weight excluding hydrogens is 240 g/mol. The molecule has 1 heterocycles. The lowest BCUT2D eigenvalue weighted by Crippen LogP contribution is -2.12. The Morgan fingerprint density at radius 2 is 2.16 bits per heavy atom. The van der Waals surface area contributed by atoms with E-state index in [1.165, 1.54) is 12.4 Å². The number of carbonyl (C=O) groups is 1. The molecule has 19 heavy (non-hydrogen) atoms. The number of aromatic nitrogens is 2. The lowest BCUT2D eigenvalue weighted by Gasteiger charge is -2.07. The number of aryl methyl sites for hydroxylation is 1. The highest BCUT2D eigenvalue weighted by molar-refractivity contribution is 6.03. The maximum absolute atomic E-state index is 11.9. The zero-order valence-electron chi connectivity index (χ0n) is 10.5. The minimum Gasteiger partial charge on any atom is -0.330 e. The first-order valence-electron chi connectivity index (χ1n) is 6.16. The van der Waals surface area contributed by atoms with Crippen LogP contribution in [0.3, 0.4) is 0 Å². The summed E-state index contributed by atoms with van der Waals surface area (Å²) in [6.07, 6.45) is 4.78. The van der Waals surface area contributed by atoms with Gasteiger partial charge in [0, 0.05) is 5.69 Å². The maximum atomic E-state index is 11.9. The standard InChI is InChI=1S/C14H16N4O/c15-7-2-4-11-3-1-5-13(9-11)18-14(19)12-6-8-16-17-10-12/h1,3,5-6,8-10H,2,4,7,15H2,(H,18,19). The van der Waals surface area contributed by atoms with E-state index in [-0.39, 0.29) is 5.91 Å². The van der Waals surface area contributed by atoms with E-state index in [0.717, 1.165) is 24.1 Å². The van der Waals surface area contributed by atoms with Gasteiger partial charge in [-0.05, 0) is 43.1 Å². The van der Waals surface area contributed by atoms with E-state index < -0.39 is 0 Å². The molecule has 98 valence electrons. The van der Waals surface area contributed by atoms with Crippen molar-refractivity contribution in [2.24, 2.45) is 5.73 Å². The van der Waals surface area contributed by atoms with Gasteiger partial charge in [-0.1, -0.05) is 12.1 Å². The van der Waals surface area contributed by atoms with E-state index >= 15 is 0 Å². The third-order valence-corrected chi connectivity index (χ3v) is 2.70. The lowest BCUT2D eigenvalue weighted by molar-refractivity contribution is 0.102. The summed E-state index contributed by atoms with van der Waals surface area (Å²) in [5.74, 6) is -0.189. The van der Waals surface area contributed by atoms with E-state index in [2.05, 4.69) is 15.5 Å². The van der Waals surface area contributed by atoms with Gasteiger partial charge in [0.05, 0.1) is 18.0 Å². The Bertz CT molecular complexity index is 542. The molecule has 1 aromatic heterocycles. The van der Waals surface area contributed by atoms with Crippen molar-refractivity contribution in [2.75, 3.05) is 11.9 Å². The largest absolute Gasteiger partial charge is 0.330 e. The van der Waals surface area contributed by atoms with Gasteiger partial charge in [-0.15, -0.1) is 0 Å². The second-order valence-electron chi connectivity index (χ2n) is 4.18. The van der Waals surface area contributed by atoms with Gasteiger partial charge in [0.15, 0.2) is 0 Å². The smallest absolute Gasteiger partial charge is 0.257 e. The highest BCUT2D eigenvalue weighted by Crippen LogP contribution is 2.13. The summed E-state index contributed by atoms with van der Waals surface area (Å²) in [7, 11) is 0. The van der Waals surface area contributed by atoms with E-state index in [0.29, 0.717) is 12.1 Å². The molecule has 0 aliphatic heterocycles. The number of hydrogen-bond acceptors (Lipinski definition) is 4. The number of carbonyl (C=O) groups excluding carboxylic acids is 1. The Morgan fingerprint density at radius 3 is 2.89 bits per heavy atom. The molecule has 0 fully saturated rings. The first-order valence-corrected chi connectivity index (χ1v) is 6.16.